The van der Waals surface area contributed by atoms with Crippen LogP contribution in [0.25, 0.3) is 10.9 Å². The van der Waals surface area contributed by atoms with E-state index in [0.717, 1.165) is 35.0 Å². The minimum Gasteiger partial charge on any atom is -0.348 e. The molecule has 0 unspecified atom stereocenters. The molecule has 104 valence electrons. The first kappa shape index (κ1) is 12.3. The summed E-state index contributed by atoms with van der Waals surface area (Å²) < 4.78 is 2.03. The van der Waals surface area contributed by atoms with Crippen LogP contribution in [0.2, 0.25) is 0 Å². The van der Waals surface area contributed by atoms with Crippen LogP contribution in [0, 0.1) is 5.92 Å². The summed E-state index contributed by atoms with van der Waals surface area (Å²) in [7, 11) is 0. The zero-order valence-corrected chi connectivity index (χ0v) is 11.7. The highest BCUT2D eigenvalue weighted by atomic mass is 16.1. The van der Waals surface area contributed by atoms with Crippen molar-refractivity contribution in [2.45, 2.75) is 19.4 Å². The molecule has 1 saturated carbocycles. The van der Waals surface area contributed by atoms with Crippen LogP contribution in [0.5, 0.6) is 0 Å². The van der Waals surface area contributed by atoms with Crippen LogP contribution < -0.4 is 0 Å². The van der Waals surface area contributed by atoms with E-state index in [1.54, 1.807) is 0 Å². The number of carbonyl (C=O) groups is 1. The number of hydrogen-bond donors (Lipinski definition) is 0. The first-order chi connectivity index (χ1) is 10.3. The molecule has 0 radical (unpaired) electrons. The minimum absolute atomic E-state index is 0.277. The van der Waals surface area contributed by atoms with Crippen LogP contribution in [-0.2, 0) is 6.54 Å². The van der Waals surface area contributed by atoms with Crippen molar-refractivity contribution in [2.24, 2.45) is 5.92 Å². The van der Waals surface area contributed by atoms with Gasteiger partial charge in [-0.1, -0.05) is 24.3 Å². The molecule has 1 aliphatic carbocycles. The van der Waals surface area contributed by atoms with Crippen LogP contribution in [0.4, 0.5) is 0 Å². The van der Waals surface area contributed by atoms with Gasteiger partial charge in [-0.15, -0.1) is 0 Å². The van der Waals surface area contributed by atoms with E-state index in [4.69, 9.17) is 0 Å². The lowest BCUT2D eigenvalue weighted by atomic mass is 10.1. The number of Topliss-reactive ketones (excluding diaryl/α,β-unsaturated/α-hetero) is 1. The molecule has 0 spiro atoms. The number of nitrogens with zero attached hydrogens (tertiary/aromatic N) is 2. The Labute approximate surface area is 123 Å². The topological polar surface area (TPSA) is 34.9 Å². The van der Waals surface area contributed by atoms with Crippen molar-refractivity contribution in [3.63, 3.8) is 0 Å². The maximum atomic E-state index is 12.0. The standard InChI is InChI=1S/C18H16N2O/c21-18(14-5-6-14)15-9-10-20(11-15)12-16-8-7-13-3-1-2-4-17(13)19-16/h1-4,7-11,14H,5-6,12H2. The van der Waals surface area contributed by atoms with E-state index in [9.17, 15) is 4.79 Å². The van der Waals surface area contributed by atoms with Crippen molar-refractivity contribution in [2.75, 3.05) is 0 Å². The highest BCUT2D eigenvalue weighted by Crippen LogP contribution is 2.32. The van der Waals surface area contributed by atoms with Gasteiger partial charge in [0.15, 0.2) is 5.78 Å². The smallest absolute Gasteiger partial charge is 0.167 e. The molecule has 0 aliphatic heterocycles. The maximum Gasteiger partial charge on any atom is 0.167 e. The fourth-order valence-corrected chi connectivity index (χ4v) is 2.65. The highest BCUT2D eigenvalue weighted by Gasteiger charge is 2.30. The molecule has 2 aromatic heterocycles. The Kier molecular flexibility index (Phi) is 2.85. The zero-order valence-electron chi connectivity index (χ0n) is 11.7. The number of carbonyl (C=O) groups excluding carboxylic acids is 1. The molecular formula is C18H16N2O. The fraction of sp³-hybridized carbons (Fsp3) is 0.222. The van der Waals surface area contributed by atoms with Crippen molar-refractivity contribution < 1.29 is 4.79 Å². The van der Waals surface area contributed by atoms with Gasteiger partial charge < -0.3 is 4.57 Å². The molecular weight excluding hydrogens is 260 g/mol. The molecule has 4 rings (SSSR count). The van der Waals surface area contributed by atoms with Crippen LogP contribution in [0.1, 0.15) is 28.9 Å². The fourth-order valence-electron chi connectivity index (χ4n) is 2.65. The number of para-hydroxylation sites is 1. The van der Waals surface area contributed by atoms with Gasteiger partial charge in [0.05, 0.1) is 17.8 Å². The Morgan fingerprint density at radius 3 is 2.86 bits per heavy atom. The van der Waals surface area contributed by atoms with Gasteiger partial charge in [-0.3, -0.25) is 9.78 Å². The summed E-state index contributed by atoms with van der Waals surface area (Å²) in [5, 5.41) is 1.15. The summed E-state index contributed by atoms with van der Waals surface area (Å²) >= 11 is 0. The third-order valence-corrected chi connectivity index (χ3v) is 3.98. The van der Waals surface area contributed by atoms with Gasteiger partial charge in [0.1, 0.15) is 0 Å². The molecule has 3 heteroatoms. The number of hydrogen-bond acceptors (Lipinski definition) is 2. The summed E-state index contributed by atoms with van der Waals surface area (Å²) in [5.41, 5.74) is 2.85. The number of pyridine rings is 1. The third kappa shape index (κ3) is 2.47. The van der Waals surface area contributed by atoms with Crippen molar-refractivity contribution in [3.8, 4) is 0 Å². The van der Waals surface area contributed by atoms with Gasteiger partial charge in [-0.05, 0) is 31.0 Å². The molecule has 1 aliphatic rings. The Morgan fingerprint density at radius 2 is 2.00 bits per heavy atom. The zero-order chi connectivity index (χ0) is 14.2. The van der Waals surface area contributed by atoms with E-state index in [0.29, 0.717) is 12.3 Å². The van der Waals surface area contributed by atoms with Gasteiger partial charge >= 0.3 is 0 Å². The van der Waals surface area contributed by atoms with Gasteiger partial charge in [-0.25, -0.2) is 0 Å². The lowest BCUT2D eigenvalue weighted by Gasteiger charge is -2.04. The predicted molar refractivity (Wildman–Crippen MR) is 82.3 cm³/mol. The Hall–Kier alpha value is -2.42. The number of aromatic nitrogens is 2. The van der Waals surface area contributed by atoms with E-state index in [1.807, 2.05) is 47.3 Å². The van der Waals surface area contributed by atoms with E-state index in [-0.39, 0.29) is 5.92 Å². The second-order valence-electron chi connectivity index (χ2n) is 5.71. The van der Waals surface area contributed by atoms with Crippen LogP contribution >= 0.6 is 0 Å². The lowest BCUT2D eigenvalue weighted by Crippen LogP contribution is -2.02. The summed E-state index contributed by atoms with van der Waals surface area (Å²) in [4.78, 5) is 16.7. The quantitative estimate of drug-likeness (QED) is 0.681. The van der Waals surface area contributed by atoms with Crippen molar-refractivity contribution in [3.05, 3.63) is 66.1 Å². The normalized spacial score (nSPS) is 14.5. The molecule has 3 nitrogen and oxygen atoms in total. The number of benzene rings is 1. The lowest BCUT2D eigenvalue weighted by molar-refractivity contribution is 0.0967. The van der Waals surface area contributed by atoms with E-state index in [1.165, 1.54) is 0 Å². The second kappa shape index (κ2) is 4.85. The summed E-state index contributed by atoms with van der Waals surface area (Å²) in [6.07, 6.45) is 6.01. The average Bonchev–Trinajstić information content (AvgIpc) is 3.26. The molecule has 21 heavy (non-hydrogen) atoms. The largest absolute Gasteiger partial charge is 0.348 e. The van der Waals surface area contributed by atoms with Crippen molar-refractivity contribution in [1.29, 1.82) is 0 Å². The summed E-state index contributed by atoms with van der Waals surface area (Å²) in [6, 6.07) is 14.2. The second-order valence-corrected chi connectivity index (χ2v) is 5.71. The van der Waals surface area contributed by atoms with E-state index >= 15 is 0 Å². The van der Waals surface area contributed by atoms with Crippen LogP contribution in [0.3, 0.4) is 0 Å². The van der Waals surface area contributed by atoms with Gasteiger partial charge in [0.2, 0.25) is 0 Å². The third-order valence-electron chi connectivity index (χ3n) is 3.98. The Balaban J connectivity index is 1.57. The first-order valence-electron chi connectivity index (χ1n) is 7.34. The van der Waals surface area contributed by atoms with Crippen LogP contribution in [-0.4, -0.2) is 15.3 Å². The Morgan fingerprint density at radius 1 is 1.14 bits per heavy atom. The summed E-state index contributed by atoms with van der Waals surface area (Å²) in [5.74, 6) is 0.569. The molecule has 0 atom stereocenters. The average molecular weight is 276 g/mol. The predicted octanol–water partition coefficient (Wildman–Crippen LogP) is 3.68. The monoisotopic (exact) mass is 276 g/mol. The minimum atomic E-state index is 0.277. The van der Waals surface area contributed by atoms with Crippen molar-refractivity contribution in [1.82, 2.24) is 9.55 Å². The number of fused-ring (bicyclic) bond motifs is 1. The van der Waals surface area contributed by atoms with Crippen molar-refractivity contribution >= 4 is 16.7 Å². The molecule has 0 N–H and O–H groups in total. The van der Waals surface area contributed by atoms with Gasteiger partial charge in [0.25, 0.3) is 0 Å². The molecule has 1 aromatic carbocycles. The Bertz CT molecular complexity index is 815. The van der Waals surface area contributed by atoms with E-state index in [2.05, 4.69) is 17.1 Å². The molecule has 1 fully saturated rings. The number of rotatable bonds is 4. The SMILES string of the molecule is O=C(c1ccn(Cc2ccc3ccccc3n2)c1)C1CC1. The molecule has 3 aromatic rings. The molecule has 2 heterocycles. The first-order valence-corrected chi connectivity index (χ1v) is 7.34. The van der Waals surface area contributed by atoms with Gasteiger partial charge in [-0.2, -0.15) is 0 Å². The maximum absolute atomic E-state index is 12.0. The molecule has 0 saturated heterocycles. The van der Waals surface area contributed by atoms with E-state index < -0.39 is 0 Å². The summed E-state index contributed by atoms with van der Waals surface area (Å²) in [6.45, 7) is 0.697. The molecule has 0 amide bonds. The highest BCUT2D eigenvalue weighted by molar-refractivity contribution is 5.99. The number of ketones is 1. The molecule has 0 bridgehead atoms. The van der Waals surface area contributed by atoms with Gasteiger partial charge in [0, 0.05) is 29.3 Å². The van der Waals surface area contributed by atoms with Crippen LogP contribution in [0.15, 0.2) is 54.9 Å².